The predicted molar refractivity (Wildman–Crippen MR) is 93.4 cm³/mol. The van der Waals surface area contributed by atoms with Gasteiger partial charge in [-0.25, -0.2) is 4.79 Å². The van der Waals surface area contributed by atoms with Crippen LogP contribution < -0.4 is 5.32 Å². The Morgan fingerprint density at radius 3 is 2.48 bits per heavy atom. The van der Waals surface area contributed by atoms with Gasteiger partial charge in [0.05, 0.1) is 6.42 Å². The van der Waals surface area contributed by atoms with Gasteiger partial charge >= 0.3 is 5.97 Å². The molecule has 23 heavy (non-hydrogen) atoms. The van der Waals surface area contributed by atoms with Crippen LogP contribution in [0.15, 0.2) is 53.2 Å². The van der Waals surface area contributed by atoms with Crippen LogP contribution in [0.3, 0.4) is 0 Å². The molecule has 0 saturated carbocycles. The molecule has 0 spiro atoms. The minimum absolute atomic E-state index is 0.140. The van der Waals surface area contributed by atoms with Crippen molar-refractivity contribution in [3.8, 4) is 11.1 Å². The summed E-state index contributed by atoms with van der Waals surface area (Å²) in [5.41, 5.74) is 1.58. The van der Waals surface area contributed by atoms with E-state index in [1.165, 1.54) is 22.7 Å². The molecule has 0 bridgehead atoms. The van der Waals surface area contributed by atoms with Crippen LogP contribution in [0, 0.1) is 0 Å². The first-order valence-electron chi connectivity index (χ1n) is 6.87. The lowest BCUT2D eigenvalue weighted by molar-refractivity contribution is -0.115. The number of nitrogens with one attached hydrogen (secondary N) is 1. The molecule has 2 N–H and O–H groups in total. The molecule has 0 saturated heterocycles. The molecule has 0 unspecified atom stereocenters. The van der Waals surface area contributed by atoms with Gasteiger partial charge in [0.25, 0.3) is 0 Å². The molecule has 3 aromatic rings. The lowest BCUT2D eigenvalue weighted by Crippen LogP contribution is -2.15. The third-order valence-electron chi connectivity index (χ3n) is 3.26. The van der Waals surface area contributed by atoms with Crippen molar-refractivity contribution in [1.82, 2.24) is 0 Å². The Labute approximate surface area is 141 Å². The highest BCUT2D eigenvalue weighted by Crippen LogP contribution is 2.35. The number of hydrogen-bond donors (Lipinski definition) is 2. The number of benzene rings is 1. The van der Waals surface area contributed by atoms with Gasteiger partial charge in [-0.05, 0) is 17.0 Å². The smallest absolute Gasteiger partial charge is 0.339 e. The molecule has 0 atom stereocenters. The Balaban J connectivity index is 1.87. The molecule has 116 valence electrons. The van der Waals surface area contributed by atoms with Gasteiger partial charge in [-0.3, -0.25) is 4.79 Å². The number of amides is 1. The standard InChI is InChI=1S/C17H13NO3S2/c19-14(9-12-7-4-8-22-12)18-16-15(17(20)21)13(10-23-16)11-5-2-1-3-6-11/h1-8,10H,9H2,(H,18,19)(H,20,21). The molecule has 4 nitrogen and oxygen atoms in total. The molecule has 0 aliphatic heterocycles. The summed E-state index contributed by atoms with van der Waals surface area (Å²) in [5, 5.41) is 16.3. The highest BCUT2D eigenvalue weighted by Gasteiger charge is 2.21. The zero-order chi connectivity index (χ0) is 16.2. The second kappa shape index (κ2) is 6.76. The quantitative estimate of drug-likeness (QED) is 0.723. The minimum atomic E-state index is -1.04. The zero-order valence-electron chi connectivity index (χ0n) is 12.0. The summed E-state index contributed by atoms with van der Waals surface area (Å²) < 4.78 is 0. The molecule has 2 aromatic heterocycles. The number of rotatable bonds is 5. The van der Waals surface area contributed by atoms with Gasteiger partial charge in [0.15, 0.2) is 0 Å². The molecule has 1 amide bonds. The number of carbonyl (C=O) groups excluding carboxylic acids is 1. The van der Waals surface area contributed by atoms with Crippen molar-refractivity contribution >= 4 is 39.6 Å². The van der Waals surface area contributed by atoms with E-state index in [1.807, 2.05) is 47.8 Å². The van der Waals surface area contributed by atoms with E-state index in [-0.39, 0.29) is 17.9 Å². The molecule has 0 aliphatic rings. The number of aromatic carboxylic acids is 1. The lowest BCUT2D eigenvalue weighted by Gasteiger charge is -2.05. The summed E-state index contributed by atoms with van der Waals surface area (Å²) in [5.74, 6) is -1.26. The number of hydrogen-bond acceptors (Lipinski definition) is 4. The second-order valence-corrected chi connectivity index (χ2v) is 6.74. The Morgan fingerprint density at radius 2 is 1.83 bits per heavy atom. The molecule has 1 aromatic carbocycles. The monoisotopic (exact) mass is 343 g/mol. The fraction of sp³-hybridized carbons (Fsp3) is 0.0588. The normalized spacial score (nSPS) is 10.4. The van der Waals surface area contributed by atoms with Crippen molar-refractivity contribution in [3.63, 3.8) is 0 Å². The number of carboxylic acids is 1. The number of anilines is 1. The Bertz CT molecular complexity index is 823. The molecule has 6 heteroatoms. The van der Waals surface area contributed by atoms with Crippen LogP contribution in [0.25, 0.3) is 11.1 Å². The van der Waals surface area contributed by atoms with Gasteiger partial charge in [0, 0.05) is 15.8 Å². The van der Waals surface area contributed by atoms with Gasteiger partial charge in [0.2, 0.25) is 5.91 Å². The van der Waals surface area contributed by atoms with E-state index in [0.29, 0.717) is 10.6 Å². The van der Waals surface area contributed by atoms with Crippen molar-refractivity contribution < 1.29 is 14.7 Å². The third-order valence-corrected chi connectivity index (χ3v) is 5.03. The van der Waals surface area contributed by atoms with Gasteiger partial charge in [-0.2, -0.15) is 0 Å². The fourth-order valence-corrected chi connectivity index (χ4v) is 3.92. The van der Waals surface area contributed by atoms with E-state index in [0.717, 1.165) is 10.4 Å². The van der Waals surface area contributed by atoms with Crippen LogP contribution >= 0.6 is 22.7 Å². The van der Waals surface area contributed by atoms with Gasteiger partial charge in [-0.1, -0.05) is 36.4 Å². The predicted octanol–water partition coefficient (Wildman–Crippen LogP) is 4.36. The molecule has 0 fully saturated rings. The van der Waals surface area contributed by atoms with Gasteiger partial charge in [0.1, 0.15) is 10.6 Å². The molecule has 0 radical (unpaired) electrons. The first-order valence-corrected chi connectivity index (χ1v) is 8.63. The van der Waals surface area contributed by atoms with E-state index in [2.05, 4.69) is 5.32 Å². The van der Waals surface area contributed by atoms with Crippen LogP contribution in [0.2, 0.25) is 0 Å². The fourth-order valence-electron chi connectivity index (χ4n) is 2.23. The average molecular weight is 343 g/mol. The summed E-state index contributed by atoms with van der Waals surface area (Å²) in [7, 11) is 0. The first kappa shape index (κ1) is 15.5. The molecule has 2 heterocycles. The topological polar surface area (TPSA) is 66.4 Å². The maximum absolute atomic E-state index is 12.1. The van der Waals surface area contributed by atoms with Crippen molar-refractivity contribution in [3.05, 3.63) is 63.7 Å². The number of carboxylic acid groups (broad SMARTS) is 1. The SMILES string of the molecule is O=C(Cc1cccs1)Nc1scc(-c2ccccc2)c1C(=O)O. The van der Waals surface area contributed by atoms with Crippen molar-refractivity contribution in [2.24, 2.45) is 0 Å². The second-order valence-electron chi connectivity index (χ2n) is 4.83. The maximum Gasteiger partial charge on any atom is 0.339 e. The van der Waals surface area contributed by atoms with E-state index in [9.17, 15) is 14.7 Å². The largest absolute Gasteiger partial charge is 0.478 e. The Hall–Kier alpha value is -2.44. The van der Waals surface area contributed by atoms with Crippen molar-refractivity contribution in [1.29, 1.82) is 0 Å². The van der Waals surface area contributed by atoms with E-state index in [1.54, 1.807) is 5.38 Å². The van der Waals surface area contributed by atoms with E-state index in [4.69, 9.17) is 0 Å². The first-order chi connectivity index (χ1) is 11.1. The van der Waals surface area contributed by atoms with Crippen molar-refractivity contribution in [2.45, 2.75) is 6.42 Å². The van der Waals surface area contributed by atoms with Crippen LogP contribution in [0.1, 0.15) is 15.2 Å². The van der Waals surface area contributed by atoms with E-state index < -0.39 is 5.97 Å². The Kier molecular flexibility index (Phi) is 4.55. The third kappa shape index (κ3) is 3.49. The van der Waals surface area contributed by atoms with Crippen LogP contribution in [0.4, 0.5) is 5.00 Å². The summed E-state index contributed by atoms with van der Waals surface area (Å²) in [6.07, 6.45) is 0.245. The highest BCUT2D eigenvalue weighted by molar-refractivity contribution is 7.15. The lowest BCUT2D eigenvalue weighted by atomic mass is 10.0. The minimum Gasteiger partial charge on any atom is -0.478 e. The molecular formula is C17H13NO3S2. The zero-order valence-corrected chi connectivity index (χ0v) is 13.6. The summed E-state index contributed by atoms with van der Waals surface area (Å²) in [4.78, 5) is 24.7. The molecular weight excluding hydrogens is 330 g/mol. The van der Waals surface area contributed by atoms with Gasteiger partial charge < -0.3 is 10.4 Å². The van der Waals surface area contributed by atoms with Crippen LogP contribution in [-0.2, 0) is 11.2 Å². The van der Waals surface area contributed by atoms with E-state index >= 15 is 0 Å². The van der Waals surface area contributed by atoms with Crippen LogP contribution in [0.5, 0.6) is 0 Å². The highest BCUT2D eigenvalue weighted by atomic mass is 32.1. The average Bonchev–Trinajstić information content (AvgIpc) is 3.17. The van der Waals surface area contributed by atoms with Crippen LogP contribution in [-0.4, -0.2) is 17.0 Å². The molecule has 0 aliphatic carbocycles. The van der Waals surface area contributed by atoms with Crippen molar-refractivity contribution in [2.75, 3.05) is 5.32 Å². The summed E-state index contributed by atoms with van der Waals surface area (Å²) >= 11 is 2.73. The Morgan fingerprint density at radius 1 is 1.04 bits per heavy atom. The summed E-state index contributed by atoms with van der Waals surface area (Å²) in [6, 6.07) is 13.1. The molecule has 3 rings (SSSR count). The summed E-state index contributed by atoms with van der Waals surface area (Å²) in [6.45, 7) is 0. The maximum atomic E-state index is 12.1. The van der Waals surface area contributed by atoms with Gasteiger partial charge in [-0.15, -0.1) is 22.7 Å². The number of carbonyl (C=O) groups is 2. The number of thiophene rings is 2.